The molecule has 0 heterocycles. The first-order chi connectivity index (χ1) is 11.6. The molecular formula is C18H19NO5. The summed E-state index contributed by atoms with van der Waals surface area (Å²) in [5.41, 5.74) is 1.01. The maximum Gasteiger partial charge on any atom is 0.342 e. The first-order valence-corrected chi connectivity index (χ1v) is 7.45. The summed E-state index contributed by atoms with van der Waals surface area (Å²) in [5, 5.41) is 12.2. The summed E-state index contributed by atoms with van der Waals surface area (Å²) in [6.45, 7) is -0.00750. The van der Waals surface area contributed by atoms with Crippen molar-refractivity contribution in [1.29, 1.82) is 0 Å². The number of carbonyl (C=O) groups excluding carboxylic acids is 2. The zero-order chi connectivity index (χ0) is 17.4. The number of hydrogen-bond acceptors (Lipinski definition) is 5. The molecule has 126 valence electrons. The summed E-state index contributed by atoms with van der Waals surface area (Å²) < 4.78 is 10.1. The molecule has 0 unspecified atom stereocenters. The van der Waals surface area contributed by atoms with Gasteiger partial charge in [-0.15, -0.1) is 0 Å². The van der Waals surface area contributed by atoms with Crippen LogP contribution in [0.15, 0.2) is 48.5 Å². The van der Waals surface area contributed by atoms with Gasteiger partial charge in [-0.05, 0) is 30.2 Å². The van der Waals surface area contributed by atoms with Crippen LogP contribution in [0.4, 0.5) is 0 Å². The Hall–Kier alpha value is -3.02. The van der Waals surface area contributed by atoms with Gasteiger partial charge in [0, 0.05) is 6.54 Å². The third-order valence-corrected chi connectivity index (χ3v) is 3.37. The van der Waals surface area contributed by atoms with Gasteiger partial charge in [-0.2, -0.15) is 0 Å². The Morgan fingerprint density at radius 1 is 1.08 bits per heavy atom. The van der Waals surface area contributed by atoms with Gasteiger partial charge >= 0.3 is 5.97 Å². The molecule has 0 aliphatic heterocycles. The van der Waals surface area contributed by atoms with Gasteiger partial charge in [0.05, 0.1) is 7.11 Å². The maximum atomic E-state index is 11.8. The molecule has 0 saturated carbocycles. The molecule has 0 aliphatic rings. The number of phenolic OH excluding ortho intramolecular Hbond substituents is 1. The fourth-order valence-corrected chi connectivity index (χ4v) is 2.15. The van der Waals surface area contributed by atoms with Gasteiger partial charge in [-0.25, -0.2) is 4.79 Å². The van der Waals surface area contributed by atoms with Crippen molar-refractivity contribution in [2.24, 2.45) is 0 Å². The number of carbonyl (C=O) groups is 2. The number of hydrogen-bond donors (Lipinski definition) is 2. The lowest BCUT2D eigenvalue weighted by molar-refractivity contribution is -0.124. The summed E-state index contributed by atoms with van der Waals surface area (Å²) in [4.78, 5) is 23.5. The minimum Gasteiger partial charge on any atom is -0.507 e. The third-order valence-electron chi connectivity index (χ3n) is 3.37. The molecule has 24 heavy (non-hydrogen) atoms. The highest BCUT2D eigenvalue weighted by molar-refractivity contribution is 5.93. The molecule has 0 saturated heterocycles. The number of phenols is 1. The number of aromatic hydroxyl groups is 1. The monoisotopic (exact) mass is 329 g/mol. The summed E-state index contributed by atoms with van der Waals surface area (Å²) >= 11 is 0. The number of ether oxygens (including phenoxy) is 2. The number of benzene rings is 2. The van der Waals surface area contributed by atoms with E-state index in [0.29, 0.717) is 13.0 Å². The van der Waals surface area contributed by atoms with Gasteiger partial charge in [0.2, 0.25) is 0 Å². The van der Waals surface area contributed by atoms with E-state index >= 15 is 0 Å². The molecule has 0 radical (unpaired) electrons. The van der Waals surface area contributed by atoms with Crippen molar-refractivity contribution in [2.75, 3.05) is 20.3 Å². The van der Waals surface area contributed by atoms with Crippen LogP contribution in [0.5, 0.6) is 11.5 Å². The van der Waals surface area contributed by atoms with Crippen LogP contribution in [-0.4, -0.2) is 37.2 Å². The summed E-state index contributed by atoms with van der Waals surface area (Å²) in [6.07, 6.45) is 0.600. The van der Waals surface area contributed by atoms with Gasteiger partial charge in [0.15, 0.2) is 6.61 Å². The lowest BCUT2D eigenvalue weighted by Crippen LogP contribution is -2.30. The zero-order valence-electron chi connectivity index (χ0n) is 13.3. The highest BCUT2D eigenvalue weighted by Crippen LogP contribution is 2.17. The Morgan fingerprint density at radius 3 is 2.54 bits per heavy atom. The highest BCUT2D eigenvalue weighted by Gasteiger charge is 2.13. The van der Waals surface area contributed by atoms with Crippen molar-refractivity contribution < 1.29 is 24.2 Å². The van der Waals surface area contributed by atoms with Crippen LogP contribution >= 0.6 is 0 Å². The molecule has 6 nitrogen and oxygen atoms in total. The Balaban J connectivity index is 1.76. The lowest BCUT2D eigenvalue weighted by Gasteiger charge is -2.09. The van der Waals surface area contributed by atoms with E-state index in [1.165, 1.54) is 12.1 Å². The Morgan fingerprint density at radius 2 is 1.79 bits per heavy atom. The van der Waals surface area contributed by atoms with E-state index < -0.39 is 18.5 Å². The van der Waals surface area contributed by atoms with E-state index in [1.807, 2.05) is 24.3 Å². The van der Waals surface area contributed by atoms with Crippen LogP contribution in [0.2, 0.25) is 0 Å². The van der Waals surface area contributed by atoms with Crippen LogP contribution in [0.1, 0.15) is 15.9 Å². The number of esters is 1. The van der Waals surface area contributed by atoms with Crippen LogP contribution in [0.25, 0.3) is 0 Å². The summed E-state index contributed by atoms with van der Waals surface area (Å²) in [5.74, 6) is -0.571. The maximum absolute atomic E-state index is 11.8. The quantitative estimate of drug-likeness (QED) is 0.758. The lowest BCUT2D eigenvalue weighted by atomic mass is 10.1. The normalized spacial score (nSPS) is 10.0. The van der Waals surface area contributed by atoms with Gasteiger partial charge in [-0.3, -0.25) is 4.79 Å². The van der Waals surface area contributed by atoms with E-state index in [2.05, 4.69) is 5.32 Å². The zero-order valence-corrected chi connectivity index (χ0v) is 13.3. The van der Waals surface area contributed by atoms with Crippen molar-refractivity contribution in [2.45, 2.75) is 6.42 Å². The van der Waals surface area contributed by atoms with Crippen LogP contribution in [0.3, 0.4) is 0 Å². The predicted octanol–water partition coefficient (Wildman–Crippen LogP) is 1.92. The molecule has 2 aromatic rings. The van der Waals surface area contributed by atoms with Crippen LogP contribution < -0.4 is 10.1 Å². The first-order valence-electron chi connectivity index (χ1n) is 7.45. The second-order valence-electron chi connectivity index (χ2n) is 5.01. The topological polar surface area (TPSA) is 84.9 Å². The predicted molar refractivity (Wildman–Crippen MR) is 88.1 cm³/mol. The highest BCUT2D eigenvalue weighted by atomic mass is 16.5. The average Bonchev–Trinajstić information content (AvgIpc) is 2.60. The largest absolute Gasteiger partial charge is 0.507 e. The van der Waals surface area contributed by atoms with Gasteiger partial charge < -0.3 is 19.9 Å². The molecule has 0 fully saturated rings. The molecule has 0 bridgehead atoms. The number of para-hydroxylation sites is 2. The molecule has 0 aromatic heterocycles. The molecule has 6 heteroatoms. The fourth-order valence-electron chi connectivity index (χ4n) is 2.15. The molecule has 0 aliphatic carbocycles. The van der Waals surface area contributed by atoms with Crippen molar-refractivity contribution in [3.63, 3.8) is 0 Å². The minimum absolute atomic E-state index is 0.0271. The standard InChI is InChI=1S/C18H19NO5/c1-23-16-9-5-2-6-13(16)10-11-19-17(21)12-24-18(22)14-7-3-4-8-15(14)20/h2-9,20H,10-12H2,1H3,(H,19,21). The van der Waals surface area contributed by atoms with Crippen molar-refractivity contribution in [3.8, 4) is 11.5 Å². The molecule has 2 aromatic carbocycles. The van der Waals surface area contributed by atoms with Gasteiger partial charge in [-0.1, -0.05) is 30.3 Å². The van der Waals surface area contributed by atoms with E-state index in [9.17, 15) is 14.7 Å². The summed E-state index contributed by atoms with van der Waals surface area (Å²) in [7, 11) is 1.59. The van der Waals surface area contributed by atoms with E-state index in [-0.39, 0.29) is 11.3 Å². The average molecular weight is 329 g/mol. The molecule has 0 atom stereocenters. The molecule has 2 rings (SSSR count). The smallest absolute Gasteiger partial charge is 0.342 e. The number of amides is 1. The SMILES string of the molecule is COc1ccccc1CCNC(=O)COC(=O)c1ccccc1O. The number of rotatable bonds is 7. The van der Waals surface area contributed by atoms with Crippen molar-refractivity contribution >= 4 is 11.9 Å². The number of methoxy groups -OCH3 is 1. The van der Waals surface area contributed by atoms with E-state index in [1.54, 1.807) is 19.2 Å². The number of nitrogens with one attached hydrogen (secondary N) is 1. The Labute approximate surface area is 140 Å². The second kappa shape index (κ2) is 8.57. The molecule has 0 spiro atoms. The van der Waals surface area contributed by atoms with Crippen LogP contribution in [-0.2, 0) is 16.0 Å². The van der Waals surface area contributed by atoms with Gasteiger partial charge in [0.1, 0.15) is 17.1 Å². The van der Waals surface area contributed by atoms with Crippen LogP contribution in [0, 0.1) is 0 Å². The van der Waals surface area contributed by atoms with Crippen molar-refractivity contribution in [3.05, 3.63) is 59.7 Å². The minimum atomic E-state index is -0.743. The molecule has 1 amide bonds. The summed E-state index contributed by atoms with van der Waals surface area (Å²) in [6, 6.07) is 13.5. The Kier molecular flexibility index (Phi) is 6.19. The third kappa shape index (κ3) is 4.74. The fraction of sp³-hybridized carbons (Fsp3) is 0.222. The van der Waals surface area contributed by atoms with E-state index in [4.69, 9.17) is 9.47 Å². The second-order valence-corrected chi connectivity index (χ2v) is 5.01. The molecule has 2 N–H and O–H groups in total. The van der Waals surface area contributed by atoms with E-state index in [0.717, 1.165) is 11.3 Å². The van der Waals surface area contributed by atoms with Gasteiger partial charge in [0.25, 0.3) is 5.91 Å². The van der Waals surface area contributed by atoms with Crippen molar-refractivity contribution in [1.82, 2.24) is 5.32 Å². The molecular weight excluding hydrogens is 310 g/mol. The Bertz CT molecular complexity index is 714. The first kappa shape index (κ1) is 17.3.